The highest BCUT2D eigenvalue weighted by molar-refractivity contribution is 6.17. The van der Waals surface area contributed by atoms with Gasteiger partial charge in [0.25, 0.3) is 0 Å². The molecule has 94 valence electrons. The van der Waals surface area contributed by atoms with Crippen LogP contribution >= 0.6 is 11.6 Å². The van der Waals surface area contributed by atoms with Gasteiger partial charge >= 0.3 is 11.9 Å². The molecule has 1 aromatic carbocycles. The second-order valence-corrected chi connectivity index (χ2v) is 3.58. The maximum Gasteiger partial charge on any atom is 0.336 e. The fourth-order valence-electron chi connectivity index (χ4n) is 0.990. The molecule has 0 radical (unpaired) electrons. The molecule has 0 aromatic heterocycles. The summed E-state index contributed by atoms with van der Waals surface area (Å²) in [4.78, 5) is 20.9. The third-order valence-electron chi connectivity index (χ3n) is 1.88. The number of hydrogen-bond donors (Lipinski definition) is 2. The Morgan fingerprint density at radius 3 is 1.71 bits per heavy atom. The van der Waals surface area contributed by atoms with Gasteiger partial charge in [-0.2, -0.15) is 0 Å². The molecule has 17 heavy (non-hydrogen) atoms. The van der Waals surface area contributed by atoms with Crippen LogP contribution in [0, 0.1) is 0 Å². The monoisotopic (exact) mass is 258 g/mol. The second-order valence-electron chi connectivity index (χ2n) is 3.20. The fraction of sp³-hybridized carbons (Fsp3) is 0.333. The van der Waals surface area contributed by atoms with Crippen LogP contribution in [0.5, 0.6) is 0 Å². The second kappa shape index (κ2) is 8.58. The van der Waals surface area contributed by atoms with Gasteiger partial charge in [0.2, 0.25) is 0 Å². The van der Waals surface area contributed by atoms with Crippen LogP contribution in [-0.4, -0.2) is 28.0 Å². The van der Waals surface area contributed by atoms with Gasteiger partial charge in [0.05, 0.1) is 11.1 Å². The molecule has 0 spiro atoms. The lowest BCUT2D eigenvalue weighted by Crippen LogP contribution is -2.06. The Morgan fingerprint density at radius 1 is 1.12 bits per heavy atom. The van der Waals surface area contributed by atoms with E-state index in [1.165, 1.54) is 30.7 Å². The zero-order valence-electron chi connectivity index (χ0n) is 9.52. The van der Waals surface area contributed by atoms with E-state index in [-0.39, 0.29) is 11.1 Å². The molecule has 1 aromatic rings. The van der Waals surface area contributed by atoms with E-state index in [4.69, 9.17) is 21.8 Å². The minimum atomic E-state index is -1.23. The first kappa shape index (κ1) is 15.4. The standard InChI is InChI=1S/C8H6O4.C4H9Cl/c9-7(10)5-3-1-2-4-6(5)8(11)12;1-2-3-4-5/h1-4H,(H,9,10)(H,11,12);2-4H2,1H3. The fourth-order valence-corrected chi connectivity index (χ4v) is 1.26. The number of rotatable bonds is 4. The minimum absolute atomic E-state index is 0.190. The van der Waals surface area contributed by atoms with E-state index in [2.05, 4.69) is 6.92 Å². The van der Waals surface area contributed by atoms with Crippen molar-refractivity contribution in [2.24, 2.45) is 0 Å². The highest BCUT2D eigenvalue weighted by Crippen LogP contribution is 2.07. The van der Waals surface area contributed by atoms with Gasteiger partial charge in [0, 0.05) is 5.88 Å². The van der Waals surface area contributed by atoms with E-state index >= 15 is 0 Å². The van der Waals surface area contributed by atoms with Crippen molar-refractivity contribution in [3.05, 3.63) is 35.4 Å². The molecule has 0 aliphatic carbocycles. The lowest BCUT2D eigenvalue weighted by Gasteiger charge is -1.98. The van der Waals surface area contributed by atoms with E-state index in [0.717, 1.165) is 12.3 Å². The van der Waals surface area contributed by atoms with Crippen LogP contribution < -0.4 is 0 Å². The average Bonchev–Trinajstić information content (AvgIpc) is 2.30. The highest BCUT2D eigenvalue weighted by atomic mass is 35.5. The number of aromatic carboxylic acids is 2. The van der Waals surface area contributed by atoms with Crippen LogP contribution in [0.4, 0.5) is 0 Å². The lowest BCUT2D eigenvalue weighted by molar-refractivity contribution is 0.0651. The van der Waals surface area contributed by atoms with Crippen molar-refractivity contribution < 1.29 is 19.8 Å². The molecule has 0 aliphatic heterocycles. The van der Waals surface area contributed by atoms with Gasteiger partial charge in [-0.3, -0.25) is 0 Å². The molecule has 0 bridgehead atoms. The van der Waals surface area contributed by atoms with Gasteiger partial charge < -0.3 is 10.2 Å². The van der Waals surface area contributed by atoms with E-state index in [1.54, 1.807) is 0 Å². The van der Waals surface area contributed by atoms with Crippen molar-refractivity contribution in [2.45, 2.75) is 19.8 Å². The summed E-state index contributed by atoms with van der Waals surface area (Å²) in [5.74, 6) is -1.64. The summed E-state index contributed by atoms with van der Waals surface area (Å²) in [7, 11) is 0. The molecule has 0 atom stereocenters. The topological polar surface area (TPSA) is 74.6 Å². The Hall–Kier alpha value is -1.55. The third kappa shape index (κ3) is 5.92. The molecule has 4 nitrogen and oxygen atoms in total. The molecule has 0 unspecified atom stereocenters. The Morgan fingerprint density at radius 2 is 1.53 bits per heavy atom. The largest absolute Gasteiger partial charge is 0.478 e. The van der Waals surface area contributed by atoms with Crippen LogP contribution in [0.25, 0.3) is 0 Å². The number of carboxylic acids is 2. The molecule has 0 saturated heterocycles. The predicted molar refractivity (Wildman–Crippen MR) is 66.0 cm³/mol. The molecule has 0 amide bonds. The normalized spacial score (nSPS) is 9.06. The molecular formula is C12H15ClO4. The first-order valence-corrected chi connectivity index (χ1v) is 5.69. The predicted octanol–water partition coefficient (Wildman–Crippen LogP) is 3.11. The van der Waals surface area contributed by atoms with Crippen LogP contribution in [0.3, 0.4) is 0 Å². The molecule has 0 aliphatic rings. The number of carboxylic acid groups (broad SMARTS) is 2. The van der Waals surface area contributed by atoms with Crippen molar-refractivity contribution in [3.8, 4) is 0 Å². The summed E-state index contributed by atoms with van der Waals surface area (Å²) in [6.45, 7) is 2.13. The maximum atomic E-state index is 10.5. The van der Waals surface area contributed by atoms with Crippen LogP contribution in [-0.2, 0) is 0 Å². The number of unbranched alkanes of at least 4 members (excludes halogenated alkanes) is 1. The zero-order valence-corrected chi connectivity index (χ0v) is 10.3. The number of alkyl halides is 1. The van der Waals surface area contributed by atoms with Gasteiger partial charge in [0.1, 0.15) is 0 Å². The van der Waals surface area contributed by atoms with Crippen LogP contribution in [0.15, 0.2) is 24.3 Å². The molecule has 1 rings (SSSR count). The van der Waals surface area contributed by atoms with Gasteiger partial charge in [0.15, 0.2) is 0 Å². The third-order valence-corrected chi connectivity index (χ3v) is 2.14. The van der Waals surface area contributed by atoms with Crippen LogP contribution in [0.2, 0.25) is 0 Å². The number of carbonyl (C=O) groups is 2. The average molecular weight is 259 g/mol. The Balaban J connectivity index is 0.000000437. The highest BCUT2D eigenvalue weighted by Gasteiger charge is 2.13. The number of benzene rings is 1. The molecular weight excluding hydrogens is 244 g/mol. The molecule has 0 heterocycles. The summed E-state index contributed by atoms with van der Waals surface area (Å²) in [6, 6.07) is 5.48. The van der Waals surface area contributed by atoms with E-state index < -0.39 is 11.9 Å². The van der Waals surface area contributed by atoms with Crippen LogP contribution in [0.1, 0.15) is 40.5 Å². The number of hydrogen-bond acceptors (Lipinski definition) is 2. The minimum Gasteiger partial charge on any atom is -0.478 e. The molecule has 2 N–H and O–H groups in total. The SMILES string of the molecule is CCCCCl.O=C(O)c1ccccc1C(=O)O. The molecule has 5 heteroatoms. The van der Waals surface area contributed by atoms with Gasteiger partial charge in [-0.15, -0.1) is 11.6 Å². The zero-order chi connectivity index (χ0) is 13.3. The Labute approximate surface area is 105 Å². The summed E-state index contributed by atoms with van der Waals surface area (Å²) >= 11 is 5.30. The van der Waals surface area contributed by atoms with Gasteiger partial charge in [-0.05, 0) is 18.6 Å². The summed E-state index contributed by atoms with van der Waals surface area (Å²) in [5, 5.41) is 17.1. The van der Waals surface area contributed by atoms with Crippen molar-refractivity contribution in [2.75, 3.05) is 5.88 Å². The van der Waals surface area contributed by atoms with Gasteiger partial charge in [-0.25, -0.2) is 9.59 Å². The smallest absolute Gasteiger partial charge is 0.336 e. The quantitative estimate of drug-likeness (QED) is 0.814. The Kier molecular flexibility index (Phi) is 7.80. The van der Waals surface area contributed by atoms with E-state index in [1.807, 2.05) is 0 Å². The van der Waals surface area contributed by atoms with Crippen molar-refractivity contribution in [1.82, 2.24) is 0 Å². The van der Waals surface area contributed by atoms with Crippen molar-refractivity contribution in [3.63, 3.8) is 0 Å². The molecule has 0 saturated carbocycles. The van der Waals surface area contributed by atoms with E-state index in [9.17, 15) is 9.59 Å². The van der Waals surface area contributed by atoms with Gasteiger partial charge in [-0.1, -0.05) is 25.5 Å². The first-order valence-electron chi connectivity index (χ1n) is 5.16. The number of halogens is 1. The molecule has 0 fully saturated rings. The van der Waals surface area contributed by atoms with Crippen molar-refractivity contribution >= 4 is 23.5 Å². The first-order chi connectivity index (χ1) is 8.04. The maximum absolute atomic E-state index is 10.5. The van der Waals surface area contributed by atoms with Crippen molar-refractivity contribution in [1.29, 1.82) is 0 Å². The summed E-state index contributed by atoms with van der Waals surface area (Å²) in [6.07, 6.45) is 2.37. The van der Waals surface area contributed by atoms with E-state index in [0.29, 0.717) is 0 Å². The lowest BCUT2D eigenvalue weighted by atomic mass is 10.1. The summed E-state index contributed by atoms with van der Waals surface area (Å²) in [5.41, 5.74) is -0.380. The summed E-state index contributed by atoms with van der Waals surface area (Å²) < 4.78 is 0. The Bertz CT molecular complexity index is 342.